The highest BCUT2D eigenvalue weighted by atomic mass is 32.1. The number of esters is 1. The summed E-state index contributed by atoms with van der Waals surface area (Å²) in [5.74, 6) is -1.01. The number of hydrogen-bond donors (Lipinski definition) is 1. The number of aromatic nitrogens is 1. The van der Waals surface area contributed by atoms with Gasteiger partial charge < -0.3 is 9.84 Å². The van der Waals surface area contributed by atoms with E-state index in [1.807, 2.05) is 30.3 Å². The molecule has 4 rings (SSSR count). The number of fused-ring (bicyclic) bond motifs is 1. The number of ether oxygens (including phenoxy) is 1. The van der Waals surface area contributed by atoms with E-state index in [1.165, 1.54) is 4.88 Å². The number of rotatable bonds is 6. The number of hydrogen-bond acceptors (Lipinski definition) is 6. The van der Waals surface area contributed by atoms with Crippen molar-refractivity contribution in [2.75, 3.05) is 11.5 Å². The molecular weight excluding hydrogens is 400 g/mol. The van der Waals surface area contributed by atoms with Gasteiger partial charge in [-0.15, -0.1) is 11.3 Å². The van der Waals surface area contributed by atoms with Crippen molar-refractivity contribution in [1.82, 2.24) is 4.98 Å². The number of nitrogens with zero attached hydrogens (tertiary/aromatic N) is 2. The van der Waals surface area contributed by atoms with Crippen LogP contribution in [0.2, 0.25) is 0 Å². The number of carbonyl (C=O) groups is 2. The first-order chi connectivity index (χ1) is 14.5. The fourth-order valence-corrected chi connectivity index (χ4v) is 5.33. The van der Waals surface area contributed by atoms with Crippen LogP contribution >= 0.6 is 11.3 Å². The molecule has 1 saturated carbocycles. The standard InChI is InChI=1S/C23H28N2O4S/c26-20(16-29-21(27)23(28)13-7-2-8-14-23)25(15-17-9-3-1-4-10-17)22-24-18-11-5-6-12-19(18)30-22/h1,3-4,9-10,28H,2,5-8,11-16H2. The Hall–Kier alpha value is -2.25. The average Bonchev–Trinajstić information content (AvgIpc) is 3.20. The largest absolute Gasteiger partial charge is 0.453 e. The molecule has 0 atom stereocenters. The SMILES string of the molecule is O=C(COC(=O)C1(O)CCCCC1)N(Cc1ccccc1)c1nc2c(s1)CCCC2. The molecule has 0 unspecified atom stereocenters. The van der Waals surface area contributed by atoms with Crippen molar-refractivity contribution < 1.29 is 19.4 Å². The Kier molecular flexibility index (Phi) is 6.49. The van der Waals surface area contributed by atoms with E-state index in [9.17, 15) is 14.7 Å². The van der Waals surface area contributed by atoms with Crippen LogP contribution in [-0.4, -0.2) is 34.2 Å². The third kappa shape index (κ3) is 4.73. The van der Waals surface area contributed by atoms with E-state index in [-0.39, 0.29) is 5.91 Å². The van der Waals surface area contributed by atoms with Crippen LogP contribution in [-0.2, 0) is 33.7 Å². The van der Waals surface area contributed by atoms with Gasteiger partial charge in [0, 0.05) is 4.88 Å². The van der Waals surface area contributed by atoms with Crippen molar-refractivity contribution in [3.05, 3.63) is 46.5 Å². The van der Waals surface area contributed by atoms with Crippen LogP contribution in [0.1, 0.15) is 61.1 Å². The van der Waals surface area contributed by atoms with Crippen LogP contribution in [0.4, 0.5) is 5.13 Å². The number of amides is 1. The molecule has 0 spiro atoms. The predicted molar refractivity (Wildman–Crippen MR) is 115 cm³/mol. The van der Waals surface area contributed by atoms with Gasteiger partial charge in [0.2, 0.25) is 0 Å². The first-order valence-corrected chi connectivity index (χ1v) is 11.6. The molecule has 30 heavy (non-hydrogen) atoms. The first-order valence-electron chi connectivity index (χ1n) is 10.8. The van der Waals surface area contributed by atoms with Gasteiger partial charge in [0.05, 0.1) is 12.2 Å². The zero-order valence-electron chi connectivity index (χ0n) is 17.1. The number of thiazole rings is 1. The van der Waals surface area contributed by atoms with Crippen LogP contribution in [0.25, 0.3) is 0 Å². The summed E-state index contributed by atoms with van der Waals surface area (Å²) in [4.78, 5) is 33.1. The van der Waals surface area contributed by atoms with Crippen molar-refractivity contribution in [1.29, 1.82) is 0 Å². The molecule has 7 heteroatoms. The molecule has 2 aliphatic carbocycles. The van der Waals surface area contributed by atoms with Crippen molar-refractivity contribution in [3.63, 3.8) is 0 Å². The lowest BCUT2D eigenvalue weighted by Gasteiger charge is -2.29. The zero-order valence-corrected chi connectivity index (χ0v) is 18.0. The molecule has 1 amide bonds. The number of aliphatic hydroxyl groups is 1. The Labute approximate surface area is 180 Å². The van der Waals surface area contributed by atoms with Crippen molar-refractivity contribution >= 4 is 28.3 Å². The summed E-state index contributed by atoms with van der Waals surface area (Å²) in [6.07, 6.45) is 7.61. The Morgan fingerprint density at radius 2 is 1.80 bits per heavy atom. The molecule has 1 aromatic carbocycles. The number of carbonyl (C=O) groups excluding carboxylic acids is 2. The molecule has 0 bridgehead atoms. The number of aryl methyl sites for hydroxylation is 2. The van der Waals surface area contributed by atoms with Gasteiger partial charge >= 0.3 is 5.97 Å². The summed E-state index contributed by atoms with van der Waals surface area (Å²) < 4.78 is 5.29. The van der Waals surface area contributed by atoms with Crippen molar-refractivity contribution in [3.8, 4) is 0 Å². The van der Waals surface area contributed by atoms with E-state index in [0.29, 0.717) is 24.5 Å². The van der Waals surface area contributed by atoms with Crippen LogP contribution in [0.15, 0.2) is 30.3 Å². The quantitative estimate of drug-likeness (QED) is 0.708. The van der Waals surface area contributed by atoms with E-state index in [0.717, 1.165) is 56.2 Å². The molecule has 1 N–H and O–H groups in total. The van der Waals surface area contributed by atoms with Gasteiger partial charge in [-0.2, -0.15) is 0 Å². The van der Waals surface area contributed by atoms with Gasteiger partial charge in [0.1, 0.15) is 0 Å². The summed E-state index contributed by atoms with van der Waals surface area (Å²) in [7, 11) is 0. The Morgan fingerprint density at radius 3 is 2.53 bits per heavy atom. The molecule has 0 aliphatic heterocycles. The highest BCUT2D eigenvalue weighted by Crippen LogP contribution is 2.33. The maximum Gasteiger partial charge on any atom is 0.338 e. The topological polar surface area (TPSA) is 79.7 Å². The minimum Gasteiger partial charge on any atom is -0.453 e. The van der Waals surface area contributed by atoms with Gasteiger partial charge in [-0.25, -0.2) is 9.78 Å². The highest BCUT2D eigenvalue weighted by molar-refractivity contribution is 7.15. The predicted octanol–water partition coefficient (Wildman–Crippen LogP) is 3.79. The monoisotopic (exact) mass is 428 g/mol. The minimum atomic E-state index is -1.46. The second-order valence-electron chi connectivity index (χ2n) is 8.21. The normalized spacial score (nSPS) is 17.8. The van der Waals surface area contributed by atoms with E-state index in [2.05, 4.69) is 0 Å². The molecule has 0 saturated heterocycles. The summed E-state index contributed by atoms with van der Waals surface area (Å²) in [6, 6.07) is 9.73. The van der Waals surface area contributed by atoms with Crippen molar-refractivity contribution in [2.24, 2.45) is 0 Å². The Balaban J connectivity index is 1.49. The lowest BCUT2D eigenvalue weighted by atomic mass is 9.85. The summed E-state index contributed by atoms with van der Waals surface area (Å²) in [5, 5.41) is 11.2. The number of benzene rings is 1. The van der Waals surface area contributed by atoms with E-state index in [1.54, 1.807) is 16.2 Å². The molecule has 160 valence electrons. The van der Waals surface area contributed by atoms with Gasteiger partial charge in [0.25, 0.3) is 5.91 Å². The fourth-order valence-electron chi connectivity index (χ4n) is 4.16. The van der Waals surface area contributed by atoms with E-state index in [4.69, 9.17) is 9.72 Å². The maximum absolute atomic E-state index is 13.1. The Bertz CT molecular complexity index is 866. The zero-order chi connectivity index (χ0) is 21.0. The second kappa shape index (κ2) is 9.27. The second-order valence-corrected chi connectivity index (χ2v) is 9.27. The van der Waals surface area contributed by atoms with Gasteiger partial charge in [0.15, 0.2) is 17.3 Å². The summed E-state index contributed by atoms with van der Waals surface area (Å²) in [6.45, 7) is -0.0217. The molecule has 1 aromatic heterocycles. The molecular formula is C23H28N2O4S. The molecule has 1 heterocycles. The van der Waals surface area contributed by atoms with Crippen LogP contribution in [0.3, 0.4) is 0 Å². The van der Waals surface area contributed by atoms with Crippen LogP contribution in [0, 0.1) is 0 Å². The highest BCUT2D eigenvalue weighted by Gasteiger charge is 2.39. The summed E-state index contributed by atoms with van der Waals surface area (Å²) in [5.41, 5.74) is 0.611. The minimum absolute atomic E-state index is 0.322. The fraction of sp³-hybridized carbons (Fsp3) is 0.522. The van der Waals surface area contributed by atoms with E-state index < -0.39 is 18.2 Å². The summed E-state index contributed by atoms with van der Waals surface area (Å²) >= 11 is 1.56. The average molecular weight is 429 g/mol. The van der Waals surface area contributed by atoms with Gasteiger partial charge in [-0.3, -0.25) is 9.69 Å². The van der Waals surface area contributed by atoms with E-state index >= 15 is 0 Å². The lowest BCUT2D eigenvalue weighted by Crippen LogP contribution is -2.43. The molecule has 1 fully saturated rings. The van der Waals surface area contributed by atoms with Crippen LogP contribution < -0.4 is 4.90 Å². The van der Waals surface area contributed by atoms with Crippen LogP contribution in [0.5, 0.6) is 0 Å². The first kappa shape index (κ1) is 21.0. The molecule has 0 radical (unpaired) electrons. The molecule has 2 aromatic rings. The van der Waals surface area contributed by atoms with Crippen molar-refractivity contribution in [2.45, 2.75) is 69.9 Å². The molecule has 2 aliphatic rings. The molecule has 6 nitrogen and oxygen atoms in total. The third-order valence-electron chi connectivity index (χ3n) is 5.94. The maximum atomic E-state index is 13.1. The lowest BCUT2D eigenvalue weighted by molar-refractivity contribution is -0.170. The third-order valence-corrected chi connectivity index (χ3v) is 7.12. The smallest absolute Gasteiger partial charge is 0.338 e. The number of anilines is 1. The van der Waals surface area contributed by atoms with Gasteiger partial charge in [-0.1, -0.05) is 36.8 Å². The Morgan fingerprint density at radius 1 is 1.07 bits per heavy atom. The van der Waals surface area contributed by atoms with Gasteiger partial charge in [-0.05, 0) is 56.9 Å².